The van der Waals surface area contributed by atoms with E-state index in [0.717, 1.165) is 19.4 Å². The molecule has 0 bridgehead atoms. The summed E-state index contributed by atoms with van der Waals surface area (Å²) < 4.78 is 0. The highest BCUT2D eigenvalue weighted by atomic mass is 16.4. The lowest BCUT2D eigenvalue weighted by Crippen LogP contribution is -2.55. The first-order valence-corrected chi connectivity index (χ1v) is 7.77. The fraction of sp³-hybridized carbons (Fsp3) is 0.750. The first-order chi connectivity index (χ1) is 9.84. The van der Waals surface area contributed by atoms with Crippen molar-refractivity contribution in [2.24, 2.45) is 17.3 Å². The van der Waals surface area contributed by atoms with Gasteiger partial charge in [0.05, 0.1) is 5.92 Å². The molecule has 0 spiro atoms. The van der Waals surface area contributed by atoms with E-state index in [2.05, 4.69) is 18.3 Å². The van der Waals surface area contributed by atoms with Gasteiger partial charge in [-0.3, -0.25) is 4.79 Å². The highest BCUT2D eigenvalue weighted by Crippen LogP contribution is 2.45. The standard InChI is InChI=1S/C16H26N2O3/c1-11-13(8-7-12(14(19)20)16(11,2)3)17-15(21)18-9-5-4-6-10-18/h4-5,11-13H,6-10H2,1-3H3,(H,17,21)(H,19,20). The predicted octanol–water partition coefficient (Wildman–Crippen LogP) is 2.48. The molecule has 2 N–H and O–H groups in total. The minimum atomic E-state index is -0.724. The van der Waals surface area contributed by atoms with Gasteiger partial charge in [-0.05, 0) is 30.6 Å². The number of rotatable bonds is 2. The fourth-order valence-corrected chi connectivity index (χ4v) is 3.52. The van der Waals surface area contributed by atoms with Crippen molar-refractivity contribution >= 4 is 12.0 Å². The molecule has 1 fully saturated rings. The lowest BCUT2D eigenvalue weighted by molar-refractivity contribution is -0.150. The van der Waals surface area contributed by atoms with Crippen LogP contribution in [-0.2, 0) is 4.79 Å². The minimum Gasteiger partial charge on any atom is -0.481 e. The second-order valence-corrected chi connectivity index (χ2v) is 6.84. The molecule has 0 aromatic rings. The van der Waals surface area contributed by atoms with Gasteiger partial charge < -0.3 is 15.3 Å². The summed E-state index contributed by atoms with van der Waals surface area (Å²) in [5.74, 6) is -0.923. The van der Waals surface area contributed by atoms with Crippen LogP contribution in [0.4, 0.5) is 4.79 Å². The van der Waals surface area contributed by atoms with Crippen molar-refractivity contribution in [3.63, 3.8) is 0 Å². The molecule has 0 aromatic carbocycles. The second kappa shape index (κ2) is 6.08. The van der Waals surface area contributed by atoms with Crippen LogP contribution in [0.5, 0.6) is 0 Å². The van der Waals surface area contributed by atoms with Gasteiger partial charge in [0.15, 0.2) is 0 Å². The third kappa shape index (κ3) is 3.22. The normalized spacial score (nSPS) is 31.8. The number of nitrogens with one attached hydrogen (secondary N) is 1. The molecule has 1 aliphatic heterocycles. The Morgan fingerprint density at radius 3 is 2.57 bits per heavy atom. The van der Waals surface area contributed by atoms with Crippen molar-refractivity contribution in [3.8, 4) is 0 Å². The van der Waals surface area contributed by atoms with Gasteiger partial charge in [0.1, 0.15) is 0 Å². The third-order valence-corrected chi connectivity index (χ3v) is 5.39. The molecule has 2 rings (SSSR count). The number of aliphatic carboxylic acids is 1. The molecule has 2 amide bonds. The van der Waals surface area contributed by atoms with E-state index >= 15 is 0 Å². The van der Waals surface area contributed by atoms with E-state index < -0.39 is 5.97 Å². The minimum absolute atomic E-state index is 0.0271. The molecule has 0 aromatic heterocycles. The molecule has 2 aliphatic rings. The van der Waals surface area contributed by atoms with Crippen molar-refractivity contribution in [1.82, 2.24) is 10.2 Å². The quantitative estimate of drug-likeness (QED) is 0.769. The van der Waals surface area contributed by atoms with Crippen LogP contribution in [0.3, 0.4) is 0 Å². The molecule has 5 heteroatoms. The average molecular weight is 294 g/mol. The van der Waals surface area contributed by atoms with Gasteiger partial charge in [-0.25, -0.2) is 4.79 Å². The number of amides is 2. The highest BCUT2D eigenvalue weighted by Gasteiger charge is 2.46. The predicted molar refractivity (Wildman–Crippen MR) is 81.0 cm³/mol. The lowest BCUT2D eigenvalue weighted by Gasteiger charge is -2.46. The first kappa shape index (κ1) is 15.9. The highest BCUT2D eigenvalue weighted by molar-refractivity contribution is 5.75. The van der Waals surface area contributed by atoms with E-state index in [9.17, 15) is 14.7 Å². The third-order valence-electron chi connectivity index (χ3n) is 5.39. The van der Waals surface area contributed by atoms with Gasteiger partial charge in [0, 0.05) is 19.1 Å². The number of carbonyl (C=O) groups excluding carboxylic acids is 1. The Kier molecular flexibility index (Phi) is 4.59. The van der Waals surface area contributed by atoms with Crippen molar-refractivity contribution < 1.29 is 14.7 Å². The summed E-state index contributed by atoms with van der Waals surface area (Å²) in [6.45, 7) is 7.46. The maximum atomic E-state index is 12.3. The van der Waals surface area contributed by atoms with Crippen molar-refractivity contribution in [3.05, 3.63) is 12.2 Å². The molecule has 118 valence electrons. The number of hydrogen-bond donors (Lipinski definition) is 2. The zero-order chi connectivity index (χ0) is 15.6. The molecular formula is C16H26N2O3. The van der Waals surface area contributed by atoms with Crippen LogP contribution in [0.25, 0.3) is 0 Å². The molecule has 3 atom stereocenters. The summed E-state index contributed by atoms with van der Waals surface area (Å²) >= 11 is 0. The molecule has 1 heterocycles. The Balaban J connectivity index is 2.00. The SMILES string of the molecule is CC1C(NC(=O)N2CC=CCC2)CCC(C(=O)O)C1(C)C. The van der Waals surface area contributed by atoms with Crippen LogP contribution >= 0.6 is 0 Å². The van der Waals surface area contributed by atoms with Crippen LogP contribution in [-0.4, -0.2) is 41.1 Å². The van der Waals surface area contributed by atoms with E-state index in [1.54, 1.807) is 0 Å². The number of carboxylic acids is 1. The van der Waals surface area contributed by atoms with Crippen molar-refractivity contribution in [1.29, 1.82) is 0 Å². The topological polar surface area (TPSA) is 69.6 Å². The lowest BCUT2D eigenvalue weighted by atomic mass is 9.61. The van der Waals surface area contributed by atoms with E-state index in [1.165, 1.54) is 0 Å². The summed E-state index contributed by atoms with van der Waals surface area (Å²) in [6, 6.07) is 0.0229. The van der Waals surface area contributed by atoms with E-state index in [0.29, 0.717) is 13.0 Å². The molecule has 0 saturated heterocycles. The first-order valence-electron chi connectivity index (χ1n) is 7.77. The van der Waals surface area contributed by atoms with E-state index in [1.807, 2.05) is 24.8 Å². The summed E-state index contributed by atoms with van der Waals surface area (Å²) in [6.07, 6.45) is 6.36. The summed E-state index contributed by atoms with van der Waals surface area (Å²) in [7, 11) is 0. The Hall–Kier alpha value is -1.52. The zero-order valence-electron chi connectivity index (χ0n) is 13.1. The summed E-state index contributed by atoms with van der Waals surface area (Å²) in [4.78, 5) is 25.5. The van der Waals surface area contributed by atoms with Gasteiger partial charge in [-0.15, -0.1) is 0 Å². The molecule has 1 saturated carbocycles. The van der Waals surface area contributed by atoms with Crippen LogP contribution in [0.15, 0.2) is 12.2 Å². The molecule has 3 unspecified atom stereocenters. The number of carbonyl (C=O) groups is 2. The van der Waals surface area contributed by atoms with Crippen LogP contribution in [0.1, 0.15) is 40.0 Å². The number of nitrogens with zero attached hydrogens (tertiary/aromatic N) is 1. The van der Waals surface area contributed by atoms with Crippen molar-refractivity contribution in [2.45, 2.75) is 46.1 Å². The zero-order valence-corrected chi connectivity index (χ0v) is 13.1. The molecular weight excluding hydrogens is 268 g/mol. The maximum absolute atomic E-state index is 12.3. The van der Waals surface area contributed by atoms with E-state index in [4.69, 9.17) is 0 Å². The monoisotopic (exact) mass is 294 g/mol. The smallest absolute Gasteiger partial charge is 0.317 e. The Morgan fingerprint density at radius 2 is 2.00 bits per heavy atom. The molecule has 5 nitrogen and oxygen atoms in total. The second-order valence-electron chi connectivity index (χ2n) is 6.84. The summed E-state index contributed by atoms with van der Waals surface area (Å²) in [5.41, 5.74) is -0.316. The Morgan fingerprint density at radius 1 is 1.29 bits per heavy atom. The maximum Gasteiger partial charge on any atom is 0.317 e. The molecule has 21 heavy (non-hydrogen) atoms. The Bertz CT molecular complexity index is 445. The summed E-state index contributed by atoms with van der Waals surface area (Å²) in [5, 5.41) is 12.5. The largest absolute Gasteiger partial charge is 0.481 e. The van der Waals surface area contributed by atoms with Crippen LogP contribution < -0.4 is 5.32 Å². The van der Waals surface area contributed by atoms with E-state index in [-0.39, 0.29) is 29.3 Å². The van der Waals surface area contributed by atoms with Gasteiger partial charge in [0.2, 0.25) is 0 Å². The molecule has 1 aliphatic carbocycles. The number of urea groups is 1. The average Bonchev–Trinajstić information content (AvgIpc) is 2.44. The van der Waals surface area contributed by atoms with Crippen molar-refractivity contribution in [2.75, 3.05) is 13.1 Å². The Labute approximate surface area is 126 Å². The van der Waals surface area contributed by atoms with Gasteiger partial charge in [0.25, 0.3) is 0 Å². The van der Waals surface area contributed by atoms with Crippen LogP contribution in [0.2, 0.25) is 0 Å². The van der Waals surface area contributed by atoms with Gasteiger partial charge in [-0.1, -0.05) is 32.9 Å². The number of hydrogen-bond acceptors (Lipinski definition) is 2. The number of carboxylic acid groups (broad SMARTS) is 1. The van der Waals surface area contributed by atoms with Crippen LogP contribution in [0, 0.1) is 17.3 Å². The van der Waals surface area contributed by atoms with Gasteiger partial charge in [-0.2, -0.15) is 0 Å². The van der Waals surface area contributed by atoms with Gasteiger partial charge >= 0.3 is 12.0 Å². The fourth-order valence-electron chi connectivity index (χ4n) is 3.52. The molecule has 0 radical (unpaired) electrons.